The van der Waals surface area contributed by atoms with Gasteiger partial charge in [-0.05, 0) is 32.8 Å². The fourth-order valence-corrected chi connectivity index (χ4v) is 1.98. The van der Waals surface area contributed by atoms with Gasteiger partial charge in [0.15, 0.2) is 0 Å². The lowest BCUT2D eigenvalue weighted by molar-refractivity contribution is 0.516. The minimum Gasteiger partial charge on any atom is -0.307 e. The first-order valence-corrected chi connectivity index (χ1v) is 6.86. The van der Waals surface area contributed by atoms with Gasteiger partial charge in [-0.15, -0.1) is 0 Å². The molecule has 1 saturated carbocycles. The van der Waals surface area contributed by atoms with Crippen molar-refractivity contribution < 1.29 is 0 Å². The third-order valence-corrected chi connectivity index (χ3v) is 3.33. The molecule has 0 amide bonds. The summed E-state index contributed by atoms with van der Waals surface area (Å²) >= 11 is 0. The average Bonchev–Trinajstić information content (AvgIpc) is 2.92. The average molecular weight is 260 g/mol. The summed E-state index contributed by atoms with van der Waals surface area (Å²) in [7, 11) is 0. The first-order valence-electron chi connectivity index (χ1n) is 6.86. The Morgan fingerprint density at radius 2 is 2.26 bits per heavy atom. The van der Waals surface area contributed by atoms with Crippen LogP contribution in [0.5, 0.6) is 0 Å². The molecule has 3 rings (SSSR count). The molecule has 0 aliphatic heterocycles. The predicted octanol–water partition coefficient (Wildman–Crippen LogP) is 1.36. The largest absolute Gasteiger partial charge is 0.307 e. The van der Waals surface area contributed by atoms with E-state index in [0.717, 1.165) is 18.1 Å². The molecule has 0 spiro atoms. The fraction of sp³-hybridized carbons (Fsp3) is 0.615. The van der Waals surface area contributed by atoms with Crippen LogP contribution >= 0.6 is 0 Å². The van der Waals surface area contributed by atoms with Crippen LogP contribution in [0.15, 0.2) is 18.6 Å². The topological polar surface area (TPSA) is 60.6 Å². The van der Waals surface area contributed by atoms with Crippen molar-refractivity contribution in [2.24, 2.45) is 0 Å². The highest BCUT2D eigenvalue weighted by Gasteiger charge is 2.21. The Morgan fingerprint density at radius 1 is 1.42 bits per heavy atom. The maximum atomic E-state index is 4.54. The number of rotatable bonds is 6. The third-order valence-electron chi connectivity index (χ3n) is 3.33. The zero-order valence-corrected chi connectivity index (χ0v) is 11.5. The summed E-state index contributed by atoms with van der Waals surface area (Å²) in [6, 6.07) is 3.12. The standard InChI is InChI=1S/C13H20N6/c1-10(2)18-6-5-12(17-18)8-19-13(15-9-16-19)7-14-11-3-4-11/h5-6,9-11,14H,3-4,7-8H2,1-2H3. The van der Waals surface area contributed by atoms with Gasteiger partial charge in [0, 0.05) is 18.3 Å². The molecule has 0 bridgehead atoms. The van der Waals surface area contributed by atoms with E-state index >= 15 is 0 Å². The van der Waals surface area contributed by atoms with E-state index in [2.05, 4.69) is 34.3 Å². The van der Waals surface area contributed by atoms with Gasteiger partial charge in [0.2, 0.25) is 0 Å². The Morgan fingerprint density at radius 3 is 2.95 bits per heavy atom. The number of hydrogen-bond donors (Lipinski definition) is 1. The zero-order chi connectivity index (χ0) is 13.2. The van der Waals surface area contributed by atoms with Crippen LogP contribution < -0.4 is 5.32 Å². The van der Waals surface area contributed by atoms with Gasteiger partial charge >= 0.3 is 0 Å². The molecule has 1 aliphatic carbocycles. The van der Waals surface area contributed by atoms with Gasteiger partial charge in [-0.2, -0.15) is 10.2 Å². The molecule has 19 heavy (non-hydrogen) atoms. The lowest BCUT2D eigenvalue weighted by atomic mass is 10.4. The van der Waals surface area contributed by atoms with Crippen molar-refractivity contribution in [3.8, 4) is 0 Å². The predicted molar refractivity (Wildman–Crippen MR) is 71.6 cm³/mol. The highest BCUT2D eigenvalue weighted by molar-refractivity contribution is 5.01. The molecule has 102 valence electrons. The van der Waals surface area contributed by atoms with Crippen LogP contribution in [0.25, 0.3) is 0 Å². The molecule has 0 radical (unpaired) electrons. The molecule has 0 atom stereocenters. The molecule has 0 saturated heterocycles. The summed E-state index contributed by atoms with van der Waals surface area (Å²) in [6.45, 7) is 5.71. The fourth-order valence-electron chi connectivity index (χ4n) is 1.98. The quantitative estimate of drug-likeness (QED) is 0.852. The summed E-state index contributed by atoms with van der Waals surface area (Å²) in [5.41, 5.74) is 1.02. The van der Waals surface area contributed by atoms with Crippen LogP contribution in [-0.4, -0.2) is 30.6 Å². The summed E-state index contributed by atoms with van der Waals surface area (Å²) in [4.78, 5) is 4.31. The van der Waals surface area contributed by atoms with Crippen molar-refractivity contribution in [1.82, 2.24) is 29.9 Å². The van der Waals surface area contributed by atoms with Gasteiger partial charge in [-0.1, -0.05) is 0 Å². The lowest BCUT2D eigenvalue weighted by Gasteiger charge is -2.06. The molecule has 0 aromatic carbocycles. The Balaban J connectivity index is 1.65. The Bertz CT molecular complexity index is 537. The highest BCUT2D eigenvalue weighted by atomic mass is 15.4. The molecule has 2 heterocycles. The maximum Gasteiger partial charge on any atom is 0.141 e. The van der Waals surface area contributed by atoms with Crippen LogP contribution in [0.3, 0.4) is 0 Å². The van der Waals surface area contributed by atoms with Crippen LogP contribution in [-0.2, 0) is 13.1 Å². The van der Waals surface area contributed by atoms with Crippen molar-refractivity contribution >= 4 is 0 Å². The Kier molecular flexibility index (Phi) is 3.33. The number of hydrogen-bond acceptors (Lipinski definition) is 4. The molecule has 2 aromatic rings. The van der Waals surface area contributed by atoms with Gasteiger partial charge in [0.05, 0.1) is 18.8 Å². The minimum atomic E-state index is 0.389. The number of nitrogens with one attached hydrogen (secondary N) is 1. The van der Waals surface area contributed by atoms with Crippen molar-refractivity contribution in [3.05, 3.63) is 30.1 Å². The van der Waals surface area contributed by atoms with Crippen molar-refractivity contribution in [2.75, 3.05) is 0 Å². The van der Waals surface area contributed by atoms with Crippen LogP contribution in [0.4, 0.5) is 0 Å². The second-order valence-corrected chi connectivity index (χ2v) is 5.37. The summed E-state index contributed by atoms with van der Waals surface area (Å²) in [6.07, 6.45) is 6.20. The molecule has 0 unspecified atom stereocenters. The van der Waals surface area contributed by atoms with E-state index in [-0.39, 0.29) is 0 Å². The van der Waals surface area contributed by atoms with E-state index in [9.17, 15) is 0 Å². The Hall–Kier alpha value is -1.69. The van der Waals surface area contributed by atoms with Gasteiger partial charge < -0.3 is 5.32 Å². The summed E-state index contributed by atoms with van der Waals surface area (Å²) < 4.78 is 3.89. The maximum absolute atomic E-state index is 4.54. The molecule has 1 aliphatic rings. The van der Waals surface area contributed by atoms with Gasteiger partial charge in [0.1, 0.15) is 12.2 Å². The van der Waals surface area contributed by atoms with E-state index < -0.39 is 0 Å². The van der Waals surface area contributed by atoms with Gasteiger partial charge in [-0.3, -0.25) is 4.68 Å². The SMILES string of the molecule is CC(C)n1ccc(Cn2ncnc2CNC2CC2)n1. The molecule has 6 nitrogen and oxygen atoms in total. The smallest absolute Gasteiger partial charge is 0.141 e. The molecule has 1 N–H and O–H groups in total. The molecular weight excluding hydrogens is 240 g/mol. The monoisotopic (exact) mass is 260 g/mol. The number of nitrogens with zero attached hydrogens (tertiary/aromatic N) is 5. The summed E-state index contributed by atoms with van der Waals surface area (Å²) in [5.74, 6) is 0.978. The van der Waals surface area contributed by atoms with Crippen molar-refractivity contribution in [1.29, 1.82) is 0 Å². The second kappa shape index (κ2) is 5.13. The molecule has 2 aromatic heterocycles. The zero-order valence-electron chi connectivity index (χ0n) is 11.5. The van der Waals surface area contributed by atoms with E-state index in [1.165, 1.54) is 12.8 Å². The first-order chi connectivity index (χ1) is 9.22. The first kappa shape index (κ1) is 12.3. The number of aromatic nitrogens is 5. The Labute approximate surface area is 112 Å². The molecule has 1 fully saturated rings. The van der Waals surface area contributed by atoms with Gasteiger partial charge in [-0.25, -0.2) is 9.67 Å². The van der Waals surface area contributed by atoms with Gasteiger partial charge in [0.25, 0.3) is 0 Å². The molecule has 6 heteroatoms. The van der Waals surface area contributed by atoms with E-state index in [4.69, 9.17) is 0 Å². The summed E-state index contributed by atoms with van der Waals surface area (Å²) in [5, 5.41) is 12.3. The van der Waals surface area contributed by atoms with Crippen LogP contribution in [0.2, 0.25) is 0 Å². The van der Waals surface area contributed by atoms with Crippen molar-refractivity contribution in [2.45, 2.75) is 51.9 Å². The van der Waals surface area contributed by atoms with E-state index in [0.29, 0.717) is 18.6 Å². The normalized spacial score (nSPS) is 15.3. The lowest BCUT2D eigenvalue weighted by Crippen LogP contribution is -2.19. The molecular formula is C13H20N6. The van der Waals surface area contributed by atoms with E-state index in [1.807, 2.05) is 21.6 Å². The second-order valence-electron chi connectivity index (χ2n) is 5.37. The third kappa shape index (κ3) is 3.01. The minimum absolute atomic E-state index is 0.389. The van der Waals surface area contributed by atoms with Crippen LogP contribution in [0, 0.1) is 0 Å². The van der Waals surface area contributed by atoms with Crippen LogP contribution in [0.1, 0.15) is 44.2 Å². The van der Waals surface area contributed by atoms with E-state index in [1.54, 1.807) is 6.33 Å². The highest BCUT2D eigenvalue weighted by Crippen LogP contribution is 2.19. The van der Waals surface area contributed by atoms with Crippen molar-refractivity contribution in [3.63, 3.8) is 0 Å².